The van der Waals surface area contributed by atoms with Crippen LogP contribution in [0, 0.1) is 0 Å². The summed E-state index contributed by atoms with van der Waals surface area (Å²) in [6.07, 6.45) is 0. The number of anilines is 1. The first-order valence-electron chi connectivity index (χ1n) is 3.93. The number of rotatable bonds is 1. The Bertz CT molecular complexity index is 473. The maximum absolute atomic E-state index is 11.2. The minimum atomic E-state index is -0.00269. The fraction of sp³-hybridized carbons (Fsp3) is 0.111. The Kier molecular flexibility index (Phi) is 1.55. The van der Waals surface area contributed by atoms with E-state index in [-0.39, 0.29) is 5.78 Å². The van der Waals surface area contributed by atoms with Crippen LogP contribution in [0.1, 0.15) is 17.3 Å². The van der Waals surface area contributed by atoms with Gasteiger partial charge in [-0.3, -0.25) is 4.79 Å². The molecule has 0 fully saturated rings. The number of aromatic nitrogens is 2. The van der Waals surface area contributed by atoms with Gasteiger partial charge in [-0.25, -0.2) is 4.98 Å². The Morgan fingerprint density at radius 2 is 2.31 bits per heavy atom. The molecular formula is C9H9N3O. The second-order valence-electron chi connectivity index (χ2n) is 2.88. The molecule has 0 aliphatic heterocycles. The van der Waals surface area contributed by atoms with Crippen LogP contribution in [0.4, 0.5) is 5.95 Å². The van der Waals surface area contributed by atoms with Crippen LogP contribution in [0.15, 0.2) is 18.2 Å². The third-order valence-electron chi connectivity index (χ3n) is 1.91. The van der Waals surface area contributed by atoms with Crippen LogP contribution in [-0.2, 0) is 0 Å². The second-order valence-corrected chi connectivity index (χ2v) is 2.88. The van der Waals surface area contributed by atoms with E-state index in [9.17, 15) is 4.79 Å². The smallest absolute Gasteiger partial charge is 0.198 e. The second kappa shape index (κ2) is 2.58. The fourth-order valence-electron chi connectivity index (χ4n) is 1.34. The van der Waals surface area contributed by atoms with Crippen molar-refractivity contribution in [1.29, 1.82) is 0 Å². The fourth-order valence-corrected chi connectivity index (χ4v) is 1.34. The Balaban J connectivity index is 2.82. The van der Waals surface area contributed by atoms with Crippen molar-refractivity contribution in [2.24, 2.45) is 0 Å². The van der Waals surface area contributed by atoms with E-state index in [1.54, 1.807) is 12.1 Å². The number of para-hydroxylation sites is 1. The summed E-state index contributed by atoms with van der Waals surface area (Å²) in [5.41, 5.74) is 7.53. The number of hydrogen-bond acceptors (Lipinski definition) is 3. The number of nitrogens with two attached hydrogens (primary N) is 1. The van der Waals surface area contributed by atoms with E-state index >= 15 is 0 Å². The summed E-state index contributed by atoms with van der Waals surface area (Å²) in [7, 11) is 0. The number of carbonyl (C=O) groups excluding carboxylic acids is 1. The summed E-state index contributed by atoms with van der Waals surface area (Å²) >= 11 is 0. The van der Waals surface area contributed by atoms with Crippen LogP contribution in [-0.4, -0.2) is 15.8 Å². The van der Waals surface area contributed by atoms with E-state index < -0.39 is 0 Å². The van der Waals surface area contributed by atoms with E-state index in [1.165, 1.54) is 6.92 Å². The van der Waals surface area contributed by atoms with Crippen molar-refractivity contribution < 1.29 is 4.79 Å². The van der Waals surface area contributed by atoms with Gasteiger partial charge in [0.1, 0.15) is 5.52 Å². The molecule has 4 nitrogen and oxygen atoms in total. The predicted molar refractivity (Wildman–Crippen MR) is 50.5 cm³/mol. The summed E-state index contributed by atoms with van der Waals surface area (Å²) in [5.74, 6) is 0.334. The van der Waals surface area contributed by atoms with Crippen LogP contribution in [0.25, 0.3) is 11.0 Å². The molecule has 0 bridgehead atoms. The van der Waals surface area contributed by atoms with Gasteiger partial charge in [0.15, 0.2) is 11.7 Å². The van der Waals surface area contributed by atoms with Crippen LogP contribution >= 0.6 is 0 Å². The number of fused-ring (bicyclic) bond motifs is 1. The van der Waals surface area contributed by atoms with Crippen LogP contribution in [0.2, 0.25) is 0 Å². The van der Waals surface area contributed by atoms with Gasteiger partial charge >= 0.3 is 0 Å². The maximum atomic E-state index is 11.2. The molecule has 0 unspecified atom stereocenters. The van der Waals surface area contributed by atoms with Crippen molar-refractivity contribution >= 4 is 22.8 Å². The molecule has 0 saturated carbocycles. The molecule has 2 aromatic rings. The quantitative estimate of drug-likeness (QED) is 0.642. The highest BCUT2D eigenvalue weighted by Crippen LogP contribution is 2.17. The maximum Gasteiger partial charge on any atom is 0.198 e. The zero-order valence-corrected chi connectivity index (χ0v) is 7.16. The Morgan fingerprint density at radius 3 is 3.00 bits per heavy atom. The van der Waals surface area contributed by atoms with Gasteiger partial charge in [0, 0.05) is 5.56 Å². The lowest BCUT2D eigenvalue weighted by Crippen LogP contribution is -1.92. The van der Waals surface area contributed by atoms with Gasteiger partial charge in [0.25, 0.3) is 0 Å². The first kappa shape index (κ1) is 7.79. The molecule has 66 valence electrons. The van der Waals surface area contributed by atoms with Crippen LogP contribution in [0.5, 0.6) is 0 Å². The van der Waals surface area contributed by atoms with Gasteiger partial charge in [0.05, 0.1) is 5.52 Å². The van der Waals surface area contributed by atoms with Crippen molar-refractivity contribution in [1.82, 2.24) is 9.97 Å². The number of H-pyrrole nitrogens is 1. The van der Waals surface area contributed by atoms with Crippen molar-refractivity contribution in [3.05, 3.63) is 23.8 Å². The summed E-state index contributed by atoms with van der Waals surface area (Å²) in [6.45, 7) is 1.51. The predicted octanol–water partition coefficient (Wildman–Crippen LogP) is 1.35. The number of ketones is 1. The molecule has 0 aliphatic rings. The van der Waals surface area contributed by atoms with E-state index in [2.05, 4.69) is 9.97 Å². The lowest BCUT2D eigenvalue weighted by molar-refractivity contribution is 0.101. The Hall–Kier alpha value is -1.84. The van der Waals surface area contributed by atoms with E-state index in [1.807, 2.05) is 6.07 Å². The van der Waals surface area contributed by atoms with Gasteiger partial charge in [-0.05, 0) is 19.1 Å². The molecule has 4 heteroatoms. The van der Waals surface area contributed by atoms with Crippen LogP contribution in [0.3, 0.4) is 0 Å². The van der Waals surface area contributed by atoms with Crippen LogP contribution < -0.4 is 5.73 Å². The summed E-state index contributed by atoms with van der Waals surface area (Å²) in [6, 6.07) is 5.38. The zero-order valence-electron chi connectivity index (χ0n) is 7.16. The summed E-state index contributed by atoms with van der Waals surface area (Å²) in [4.78, 5) is 18.1. The molecule has 0 aliphatic carbocycles. The number of benzene rings is 1. The molecule has 1 heterocycles. The Morgan fingerprint density at radius 1 is 1.54 bits per heavy atom. The topological polar surface area (TPSA) is 71.8 Å². The number of imidazole rings is 1. The first-order valence-corrected chi connectivity index (χ1v) is 3.93. The minimum absolute atomic E-state index is 0.00269. The molecule has 2 rings (SSSR count). The first-order chi connectivity index (χ1) is 6.18. The minimum Gasteiger partial charge on any atom is -0.369 e. The molecule has 0 amide bonds. The van der Waals surface area contributed by atoms with Gasteiger partial charge < -0.3 is 10.7 Å². The number of hydrogen-bond donors (Lipinski definition) is 2. The van der Waals surface area contributed by atoms with E-state index in [0.29, 0.717) is 17.0 Å². The third-order valence-corrected chi connectivity index (χ3v) is 1.91. The van der Waals surface area contributed by atoms with Crippen molar-refractivity contribution in [3.63, 3.8) is 0 Å². The lowest BCUT2D eigenvalue weighted by atomic mass is 10.1. The number of nitrogen functional groups attached to an aromatic ring is 1. The Labute approximate surface area is 74.8 Å². The highest BCUT2D eigenvalue weighted by Gasteiger charge is 2.08. The highest BCUT2D eigenvalue weighted by molar-refractivity contribution is 6.05. The average Bonchev–Trinajstić information content (AvgIpc) is 2.43. The summed E-state index contributed by atoms with van der Waals surface area (Å²) in [5, 5.41) is 0. The van der Waals surface area contributed by atoms with Crippen molar-refractivity contribution in [2.45, 2.75) is 6.92 Å². The standard InChI is InChI=1S/C9H9N3O/c1-5(13)6-3-2-4-7-8(6)12-9(10)11-7/h2-4H,1H3,(H3,10,11,12). The molecular weight excluding hydrogens is 166 g/mol. The largest absolute Gasteiger partial charge is 0.369 e. The molecule has 0 saturated heterocycles. The van der Waals surface area contributed by atoms with Crippen molar-refractivity contribution in [3.8, 4) is 0 Å². The number of nitrogens with one attached hydrogen (secondary N) is 1. The molecule has 0 spiro atoms. The van der Waals surface area contributed by atoms with E-state index in [4.69, 9.17) is 5.73 Å². The number of carbonyl (C=O) groups is 1. The molecule has 1 aromatic carbocycles. The summed E-state index contributed by atoms with van der Waals surface area (Å²) < 4.78 is 0. The zero-order chi connectivity index (χ0) is 9.42. The normalized spacial score (nSPS) is 10.5. The molecule has 0 radical (unpaired) electrons. The molecule has 0 atom stereocenters. The molecule has 1 aromatic heterocycles. The van der Waals surface area contributed by atoms with Crippen molar-refractivity contribution in [2.75, 3.05) is 5.73 Å². The molecule has 3 N–H and O–H groups in total. The van der Waals surface area contributed by atoms with Gasteiger partial charge in [-0.15, -0.1) is 0 Å². The monoisotopic (exact) mass is 175 g/mol. The van der Waals surface area contributed by atoms with Gasteiger partial charge in [0.2, 0.25) is 0 Å². The van der Waals surface area contributed by atoms with E-state index in [0.717, 1.165) is 5.52 Å². The lowest BCUT2D eigenvalue weighted by Gasteiger charge is -1.94. The third kappa shape index (κ3) is 1.16. The number of nitrogens with zero attached hydrogens (tertiary/aromatic N) is 1. The van der Waals surface area contributed by atoms with Gasteiger partial charge in [-0.2, -0.15) is 0 Å². The van der Waals surface area contributed by atoms with Gasteiger partial charge in [-0.1, -0.05) is 6.07 Å². The average molecular weight is 175 g/mol. The highest BCUT2D eigenvalue weighted by atomic mass is 16.1. The number of Topliss-reactive ketones (excluding diaryl/α,β-unsaturated/α-hetero) is 1. The molecule has 13 heavy (non-hydrogen) atoms. The number of aromatic amines is 1. The SMILES string of the molecule is CC(=O)c1cccc2[nH]c(N)nc12.